The second-order valence-corrected chi connectivity index (χ2v) is 12.7. The summed E-state index contributed by atoms with van der Waals surface area (Å²) in [6.45, 7) is 4.26. The van der Waals surface area contributed by atoms with E-state index in [1.165, 1.54) is 24.0 Å². The summed E-state index contributed by atoms with van der Waals surface area (Å²) in [6, 6.07) is 6.82. The third kappa shape index (κ3) is 4.43. The van der Waals surface area contributed by atoms with Crippen molar-refractivity contribution in [2.24, 2.45) is 5.92 Å². The van der Waals surface area contributed by atoms with Gasteiger partial charge in [-0.15, -0.1) is 0 Å². The number of piperidine rings is 1. The summed E-state index contributed by atoms with van der Waals surface area (Å²) < 4.78 is 11.5. The minimum atomic E-state index is -0.331. The number of nitrogens with zero attached hydrogens (tertiary/aromatic N) is 4. The summed E-state index contributed by atoms with van der Waals surface area (Å²) in [7, 11) is 2.21. The van der Waals surface area contributed by atoms with Crippen LogP contribution in [0.15, 0.2) is 30.4 Å². The first kappa shape index (κ1) is 25.9. The number of hydrogen-bond donors (Lipinski definition) is 4. The maximum Gasteiger partial charge on any atom is 0.411 e. The quantitative estimate of drug-likeness (QED) is 0.379. The van der Waals surface area contributed by atoms with Crippen molar-refractivity contribution in [3.05, 3.63) is 41.5 Å². The first-order valence-electron chi connectivity index (χ1n) is 15.1. The van der Waals surface area contributed by atoms with Gasteiger partial charge in [-0.2, -0.15) is 5.01 Å². The number of ether oxygens (including phenoxy) is 2. The molecule has 0 aromatic heterocycles. The standard InChI is InChI=1S/C29H40N8O4/c1-34-16-18-14-19(4-5-21(18)29(17-34)8-9-29)31-27-30-15-20-24(33-27)37-23-7-6-22-25(32-23)35(11-13-40-22)28(39)41-12-3-2-10-36(37)26(20)38/h2-5,14,20,22-25,27,30-33H,6-13,15-17H2,1H3/b3-2-. The number of anilines is 1. The number of benzene rings is 1. The number of likely N-dealkylation sites (N-methyl/N-ethyl adjacent to an activating group) is 1. The van der Waals surface area contributed by atoms with Gasteiger partial charge in [-0.3, -0.25) is 30.7 Å². The predicted octanol–water partition coefficient (Wildman–Crippen LogP) is 0.496. The van der Waals surface area contributed by atoms with Gasteiger partial charge in [-0.05, 0) is 62.1 Å². The monoisotopic (exact) mass is 564 g/mol. The molecule has 41 heavy (non-hydrogen) atoms. The Kier molecular flexibility index (Phi) is 6.28. The van der Waals surface area contributed by atoms with E-state index in [0.717, 1.165) is 31.6 Å². The third-order valence-electron chi connectivity index (χ3n) is 9.99. The zero-order chi connectivity index (χ0) is 27.7. The fraction of sp³-hybridized carbons (Fsp3) is 0.655. The minimum absolute atomic E-state index is 0.0955. The molecule has 6 atom stereocenters. The Bertz CT molecular complexity index is 1260. The van der Waals surface area contributed by atoms with E-state index in [4.69, 9.17) is 9.47 Å². The van der Waals surface area contributed by atoms with Crippen molar-refractivity contribution < 1.29 is 19.1 Å². The molecular weight excluding hydrogens is 524 g/mol. The van der Waals surface area contributed by atoms with Gasteiger partial charge >= 0.3 is 6.09 Å². The van der Waals surface area contributed by atoms with E-state index in [0.29, 0.717) is 31.7 Å². The maximum atomic E-state index is 13.7. The molecule has 1 aromatic rings. The van der Waals surface area contributed by atoms with E-state index < -0.39 is 0 Å². The van der Waals surface area contributed by atoms with Crippen LogP contribution < -0.4 is 21.3 Å². The lowest BCUT2D eigenvalue weighted by Gasteiger charge is -2.50. The topological polar surface area (TPSA) is 114 Å². The number of amides is 2. The lowest BCUT2D eigenvalue weighted by atomic mass is 9.87. The molecule has 2 amide bonds. The highest BCUT2D eigenvalue weighted by molar-refractivity contribution is 5.82. The lowest BCUT2D eigenvalue weighted by molar-refractivity contribution is -0.157. The van der Waals surface area contributed by atoms with Crippen molar-refractivity contribution in [1.29, 1.82) is 0 Å². The number of nitrogens with one attached hydrogen (secondary N) is 4. The Labute approximate surface area is 240 Å². The van der Waals surface area contributed by atoms with E-state index in [1.807, 2.05) is 17.2 Å². The molecule has 6 heterocycles. The molecule has 12 heteroatoms. The molecule has 7 aliphatic rings. The molecule has 5 fully saturated rings. The predicted molar refractivity (Wildman–Crippen MR) is 150 cm³/mol. The summed E-state index contributed by atoms with van der Waals surface area (Å²) in [4.78, 5) is 30.8. The highest BCUT2D eigenvalue weighted by Crippen LogP contribution is 2.52. The molecule has 2 bridgehead atoms. The van der Waals surface area contributed by atoms with Crippen molar-refractivity contribution in [3.63, 3.8) is 0 Å². The smallest absolute Gasteiger partial charge is 0.411 e. The fourth-order valence-corrected chi connectivity index (χ4v) is 7.94. The van der Waals surface area contributed by atoms with Crippen LogP contribution >= 0.6 is 0 Å². The average molecular weight is 565 g/mol. The summed E-state index contributed by atoms with van der Waals surface area (Å²) in [5, 5.41) is 18.6. The molecule has 220 valence electrons. The molecular formula is C29H40N8O4. The normalized spacial score (nSPS) is 37.3. The molecule has 8 rings (SSSR count). The van der Waals surface area contributed by atoms with Crippen LogP contribution in [-0.2, 0) is 26.2 Å². The molecule has 4 saturated heterocycles. The van der Waals surface area contributed by atoms with Gasteiger partial charge < -0.3 is 19.7 Å². The Hall–Kier alpha value is -2.74. The van der Waals surface area contributed by atoms with E-state index >= 15 is 0 Å². The van der Waals surface area contributed by atoms with Crippen LogP contribution in [0.3, 0.4) is 0 Å². The van der Waals surface area contributed by atoms with Gasteiger partial charge in [0.2, 0.25) is 5.91 Å². The number of carbonyl (C=O) groups is 2. The number of hydrogen-bond acceptors (Lipinski definition) is 10. The summed E-state index contributed by atoms with van der Waals surface area (Å²) >= 11 is 0. The Morgan fingerprint density at radius 3 is 2.88 bits per heavy atom. The average Bonchev–Trinajstić information content (AvgIpc) is 3.67. The number of cyclic esters (lactones) is 1. The highest BCUT2D eigenvalue weighted by atomic mass is 16.6. The van der Waals surface area contributed by atoms with Gasteiger partial charge in [0.05, 0.1) is 37.5 Å². The van der Waals surface area contributed by atoms with Gasteiger partial charge in [0.25, 0.3) is 0 Å². The van der Waals surface area contributed by atoms with Crippen molar-refractivity contribution in [2.45, 2.75) is 68.5 Å². The van der Waals surface area contributed by atoms with Crippen molar-refractivity contribution in [3.8, 4) is 0 Å². The Balaban J connectivity index is 1.04. The fourth-order valence-electron chi connectivity index (χ4n) is 7.94. The van der Waals surface area contributed by atoms with Gasteiger partial charge in [0.15, 0.2) is 0 Å². The van der Waals surface area contributed by atoms with Crippen LogP contribution in [0.5, 0.6) is 0 Å². The lowest BCUT2D eigenvalue weighted by Crippen LogP contribution is -2.72. The molecule has 6 unspecified atom stereocenters. The van der Waals surface area contributed by atoms with Crippen LogP contribution in [0, 0.1) is 5.92 Å². The maximum absolute atomic E-state index is 13.7. The van der Waals surface area contributed by atoms with Crippen molar-refractivity contribution in [1.82, 2.24) is 35.8 Å². The number of rotatable bonds is 2. The van der Waals surface area contributed by atoms with E-state index in [9.17, 15) is 9.59 Å². The number of morpholine rings is 1. The zero-order valence-corrected chi connectivity index (χ0v) is 23.6. The van der Waals surface area contributed by atoms with Crippen molar-refractivity contribution in [2.75, 3.05) is 51.8 Å². The number of carbonyl (C=O) groups excluding carboxylic acids is 2. The molecule has 12 nitrogen and oxygen atoms in total. The summed E-state index contributed by atoms with van der Waals surface area (Å²) in [5.41, 5.74) is 4.36. The SMILES string of the molecule is CN1Cc2cc(NC3NCC4C(=O)N5C/C=C\COC(=O)N6CCOC7CCC(NC76)N5C4N3)ccc2C2(CC2)C1. The molecule has 6 aliphatic heterocycles. The molecule has 4 N–H and O–H groups in total. The van der Waals surface area contributed by atoms with E-state index in [2.05, 4.69) is 56.4 Å². The molecule has 1 aromatic carbocycles. The van der Waals surface area contributed by atoms with Crippen LogP contribution in [0.25, 0.3) is 0 Å². The van der Waals surface area contributed by atoms with Crippen LogP contribution in [0.1, 0.15) is 36.8 Å². The largest absolute Gasteiger partial charge is 0.445 e. The van der Waals surface area contributed by atoms with Gasteiger partial charge in [0.1, 0.15) is 19.1 Å². The van der Waals surface area contributed by atoms with Gasteiger partial charge in [0, 0.05) is 37.3 Å². The van der Waals surface area contributed by atoms with Crippen molar-refractivity contribution >= 4 is 17.7 Å². The van der Waals surface area contributed by atoms with E-state index in [-0.39, 0.29) is 55.4 Å². The minimum Gasteiger partial charge on any atom is -0.445 e. The summed E-state index contributed by atoms with van der Waals surface area (Å²) in [5.74, 6) is -0.131. The molecule has 1 spiro atoms. The second kappa shape index (κ2) is 9.92. The Morgan fingerprint density at radius 1 is 1.10 bits per heavy atom. The van der Waals surface area contributed by atoms with Crippen LogP contribution in [0.2, 0.25) is 0 Å². The van der Waals surface area contributed by atoms with Crippen LogP contribution in [-0.4, -0.2) is 109 Å². The van der Waals surface area contributed by atoms with Gasteiger partial charge in [-0.25, -0.2) is 4.79 Å². The zero-order valence-electron chi connectivity index (χ0n) is 23.6. The number of hydrazine groups is 1. The first-order valence-corrected chi connectivity index (χ1v) is 15.1. The molecule has 0 radical (unpaired) electrons. The summed E-state index contributed by atoms with van der Waals surface area (Å²) in [6.07, 6.45) is 6.63. The second-order valence-electron chi connectivity index (χ2n) is 12.7. The highest BCUT2D eigenvalue weighted by Gasteiger charge is 2.54. The first-order chi connectivity index (χ1) is 20.0. The molecule has 1 aliphatic carbocycles. The van der Waals surface area contributed by atoms with E-state index in [1.54, 1.807) is 4.90 Å². The van der Waals surface area contributed by atoms with Gasteiger partial charge in [-0.1, -0.05) is 12.1 Å². The Morgan fingerprint density at radius 2 is 2.00 bits per heavy atom. The third-order valence-corrected chi connectivity index (χ3v) is 9.99. The molecule has 1 saturated carbocycles. The number of fused-ring (bicyclic) bond motifs is 7. The van der Waals surface area contributed by atoms with Crippen LogP contribution in [0.4, 0.5) is 10.5 Å².